The average Bonchev–Trinajstić information content (AvgIpc) is 2.91. The number of fused-ring (bicyclic) bond motifs is 1. The Morgan fingerprint density at radius 2 is 2.13 bits per heavy atom. The smallest absolute Gasteiger partial charge is 0.162 e. The molecule has 82 valence electrons. The number of aliphatic hydroxyl groups is 1. The second-order valence-electron chi connectivity index (χ2n) is 4.56. The summed E-state index contributed by atoms with van der Waals surface area (Å²) >= 11 is 0. The summed E-state index contributed by atoms with van der Waals surface area (Å²) in [6, 6.07) is 1.92. The minimum Gasteiger partial charge on any atom is -0.388 e. The van der Waals surface area contributed by atoms with Crippen molar-refractivity contribution in [1.29, 1.82) is 0 Å². The molecule has 4 nitrogen and oxygen atoms in total. The number of aliphatic hydroxyl groups excluding tert-OH is 1. The Hall–Kier alpha value is -0.870. The fourth-order valence-corrected chi connectivity index (χ4v) is 3.13. The van der Waals surface area contributed by atoms with Crippen LogP contribution in [0.5, 0.6) is 0 Å². The number of rotatable bonds is 2. The van der Waals surface area contributed by atoms with E-state index in [4.69, 9.17) is 9.63 Å². The van der Waals surface area contributed by atoms with Crippen molar-refractivity contribution in [3.63, 3.8) is 0 Å². The van der Waals surface area contributed by atoms with Gasteiger partial charge in [0.15, 0.2) is 5.76 Å². The fraction of sp³-hybridized carbons (Fsp3) is 0.727. The van der Waals surface area contributed by atoms with Crippen molar-refractivity contribution in [1.82, 2.24) is 10.1 Å². The van der Waals surface area contributed by atoms with Crippen LogP contribution in [0.25, 0.3) is 0 Å². The number of hydrogen-bond donors (Lipinski definition) is 1. The number of nitrogens with zero attached hydrogens (tertiary/aromatic N) is 2. The lowest BCUT2D eigenvalue weighted by Crippen LogP contribution is -2.35. The van der Waals surface area contributed by atoms with Crippen LogP contribution >= 0.6 is 0 Å². The molecule has 0 atom stereocenters. The van der Waals surface area contributed by atoms with Crippen LogP contribution in [0, 0.1) is 0 Å². The van der Waals surface area contributed by atoms with Crippen LogP contribution in [0.3, 0.4) is 0 Å². The van der Waals surface area contributed by atoms with Gasteiger partial charge in [-0.3, -0.25) is 4.90 Å². The summed E-state index contributed by atoms with van der Waals surface area (Å²) in [5.41, 5.74) is 1.17. The van der Waals surface area contributed by atoms with Gasteiger partial charge in [-0.25, -0.2) is 0 Å². The maximum absolute atomic E-state index is 8.98. The highest BCUT2D eigenvalue weighted by molar-refractivity contribution is 5.20. The van der Waals surface area contributed by atoms with Gasteiger partial charge in [0.05, 0.1) is 5.54 Å². The molecular weight excluding hydrogens is 192 g/mol. The summed E-state index contributed by atoms with van der Waals surface area (Å²) in [6.45, 7) is 2.31. The Balaban J connectivity index is 1.97. The van der Waals surface area contributed by atoms with Gasteiger partial charge in [-0.15, -0.1) is 0 Å². The first kappa shape index (κ1) is 9.36. The molecule has 0 amide bonds. The van der Waals surface area contributed by atoms with Crippen LogP contribution in [-0.2, 0) is 12.1 Å². The van der Waals surface area contributed by atoms with E-state index >= 15 is 0 Å². The highest BCUT2D eigenvalue weighted by Crippen LogP contribution is 2.46. The van der Waals surface area contributed by atoms with E-state index in [1.165, 1.54) is 38.8 Å². The second kappa shape index (κ2) is 3.32. The van der Waals surface area contributed by atoms with E-state index in [0.29, 0.717) is 5.76 Å². The maximum atomic E-state index is 8.98. The summed E-state index contributed by atoms with van der Waals surface area (Å²) in [4.78, 5) is 2.52. The molecule has 2 saturated heterocycles. The highest BCUT2D eigenvalue weighted by atomic mass is 16.5. The molecule has 0 aromatic carbocycles. The van der Waals surface area contributed by atoms with E-state index in [1.54, 1.807) is 0 Å². The molecule has 2 fully saturated rings. The molecule has 0 spiro atoms. The topological polar surface area (TPSA) is 49.5 Å². The van der Waals surface area contributed by atoms with Crippen LogP contribution in [0.2, 0.25) is 0 Å². The Morgan fingerprint density at radius 1 is 1.40 bits per heavy atom. The third-order valence-corrected chi connectivity index (χ3v) is 3.83. The van der Waals surface area contributed by atoms with Crippen molar-refractivity contribution in [2.45, 2.75) is 37.8 Å². The van der Waals surface area contributed by atoms with E-state index in [1.807, 2.05) is 6.07 Å². The molecule has 0 aliphatic carbocycles. The van der Waals surface area contributed by atoms with Gasteiger partial charge in [0.1, 0.15) is 12.3 Å². The lowest BCUT2D eigenvalue weighted by Gasteiger charge is -2.29. The van der Waals surface area contributed by atoms with Crippen molar-refractivity contribution in [2.24, 2.45) is 0 Å². The first-order chi connectivity index (χ1) is 7.35. The van der Waals surface area contributed by atoms with Gasteiger partial charge in [-0.05, 0) is 38.8 Å². The Morgan fingerprint density at radius 3 is 2.73 bits per heavy atom. The molecule has 0 radical (unpaired) electrons. The standard InChI is InChI=1S/C11H16N2O2/c14-8-9-7-10(12-15-9)11-3-1-5-13(11)6-2-4-11/h7,14H,1-6,8H2. The third-order valence-electron chi connectivity index (χ3n) is 3.83. The van der Waals surface area contributed by atoms with Crippen LogP contribution in [0.4, 0.5) is 0 Å². The van der Waals surface area contributed by atoms with Crippen molar-refractivity contribution in [2.75, 3.05) is 13.1 Å². The quantitative estimate of drug-likeness (QED) is 0.794. The van der Waals surface area contributed by atoms with E-state index in [2.05, 4.69) is 10.1 Å². The molecule has 1 aromatic rings. The van der Waals surface area contributed by atoms with Crippen molar-refractivity contribution >= 4 is 0 Å². The van der Waals surface area contributed by atoms with Crippen LogP contribution in [0.1, 0.15) is 37.1 Å². The van der Waals surface area contributed by atoms with Gasteiger partial charge in [-0.1, -0.05) is 5.16 Å². The monoisotopic (exact) mass is 208 g/mol. The summed E-state index contributed by atoms with van der Waals surface area (Å²) in [5, 5.41) is 13.1. The molecule has 0 bridgehead atoms. The largest absolute Gasteiger partial charge is 0.388 e. The van der Waals surface area contributed by atoms with Gasteiger partial charge in [0, 0.05) is 6.07 Å². The highest BCUT2D eigenvalue weighted by Gasteiger charge is 2.47. The number of hydrogen-bond acceptors (Lipinski definition) is 4. The molecule has 1 N–H and O–H groups in total. The van der Waals surface area contributed by atoms with Crippen LogP contribution in [-0.4, -0.2) is 28.3 Å². The zero-order valence-corrected chi connectivity index (χ0v) is 8.78. The lowest BCUT2D eigenvalue weighted by molar-refractivity contribution is 0.181. The molecule has 2 aliphatic rings. The van der Waals surface area contributed by atoms with E-state index in [9.17, 15) is 0 Å². The Kier molecular flexibility index (Phi) is 2.07. The minimum absolute atomic E-state index is 0.0525. The first-order valence-electron chi connectivity index (χ1n) is 5.67. The molecule has 0 saturated carbocycles. The molecule has 15 heavy (non-hydrogen) atoms. The van der Waals surface area contributed by atoms with Crippen LogP contribution in [0.15, 0.2) is 10.6 Å². The SMILES string of the molecule is OCc1cc(C23CCCN2CCC3)no1. The van der Waals surface area contributed by atoms with Crippen LogP contribution < -0.4 is 0 Å². The van der Waals surface area contributed by atoms with E-state index in [-0.39, 0.29) is 12.1 Å². The van der Waals surface area contributed by atoms with Crippen molar-refractivity contribution in [3.8, 4) is 0 Å². The molecular formula is C11H16N2O2. The molecule has 1 aromatic heterocycles. The van der Waals surface area contributed by atoms with Crippen molar-refractivity contribution in [3.05, 3.63) is 17.5 Å². The van der Waals surface area contributed by atoms with Crippen molar-refractivity contribution < 1.29 is 9.63 Å². The lowest BCUT2D eigenvalue weighted by atomic mass is 9.90. The van der Waals surface area contributed by atoms with Gasteiger partial charge < -0.3 is 9.63 Å². The summed E-state index contributed by atoms with van der Waals surface area (Å²) in [6.07, 6.45) is 4.87. The summed E-state index contributed by atoms with van der Waals surface area (Å²) in [5.74, 6) is 0.582. The Labute approximate surface area is 88.9 Å². The molecule has 0 unspecified atom stereocenters. The summed E-state index contributed by atoms with van der Waals surface area (Å²) < 4.78 is 5.10. The third kappa shape index (κ3) is 1.25. The molecule has 2 aliphatic heterocycles. The Bertz CT molecular complexity index is 351. The van der Waals surface area contributed by atoms with Gasteiger partial charge in [0.2, 0.25) is 0 Å². The maximum Gasteiger partial charge on any atom is 0.162 e. The van der Waals surface area contributed by atoms with Gasteiger partial charge in [-0.2, -0.15) is 0 Å². The van der Waals surface area contributed by atoms with E-state index < -0.39 is 0 Å². The zero-order chi connectivity index (χ0) is 10.3. The average molecular weight is 208 g/mol. The predicted octanol–water partition coefficient (Wildman–Crippen LogP) is 1.25. The zero-order valence-electron chi connectivity index (χ0n) is 8.78. The minimum atomic E-state index is -0.0525. The summed E-state index contributed by atoms with van der Waals surface area (Å²) in [7, 11) is 0. The second-order valence-corrected chi connectivity index (χ2v) is 4.56. The van der Waals surface area contributed by atoms with E-state index in [0.717, 1.165) is 5.69 Å². The van der Waals surface area contributed by atoms with Gasteiger partial charge >= 0.3 is 0 Å². The first-order valence-corrected chi connectivity index (χ1v) is 5.67. The molecule has 3 heterocycles. The molecule has 3 rings (SSSR count). The normalized spacial score (nSPS) is 24.6. The fourth-order valence-electron chi connectivity index (χ4n) is 3.13. The van der Waals surface area contributed by atoms with Gasteiger partial charge in [0.25, 0.3) is 0 Å². The molecule has 4 heteroatoms. The predicted molar refractivity (Wildman–Crippen MR) is 54.1 cm³/mol. The number of aromatic nitrogens is 1.